The Morgan fingerprint density at radius 1 is 0.973 bits per heavy atom. The molecule has 0 saturated carbocycles. The molecule has 8 nitrogen and oxygen atoms in total. The van der Waals surface area contributed by atoms with Gasteiger partial charge in [-0.2, -0.15) is 0 Å². The summed E-state index contributed by atoms with van der Waals surface area (Å²) in [7, 11) is 0. The summed E-state index contributed by atoms with van der Waals surface area (Å²) >= 11 is 0. The number of ketones is 1. The lowest BCUT2D eigenvalue weighted by Crippen LogP contribution is -2.50. The molecule has 0 radical (unpaired) electrons. The van der Waals surface area contributed by atoms with E-state index in [4.69, 9.17) is 5.73 Å². The number of carbonyl (C=O) groups excluding carboxylic acids is 3. The SMILES string of the molecule is CC(=O)c1ccc(N2C3CCC2CC(NC(=O)c2ccc(C(N)=O)c(NCc4ccccc4)c2)C3)nc1. The fraction of sp³-hybridized carbons (Fsp3) is 0.310. The summed E-state index contributed by atoms with van der Waals surface area (Å²) < 4.78 is 0. The second-order valence-electron chi connectivity index (χ2n) is 9.86. The van der Waals surface area contributed by atoms with Crippen molar-refractivity contribution < 1.29 is 14.4 Å². The molecule has 4 N–H and O–H groups in total. The van der Waals surface area contributed by atoms with Crippen LogP contribution in [-0.4, -0.2) is 40.7 Å². The number of Topliss-reactive ketones (excluding diaryl/α,β-unsaturated/α-hetero) is 1. The van der Waals surface area contributed by atoms with Crippen molar-refractivity contribution in [2.45, 2.75) is 57.3 Å². The molecule has 5 rings (SSSR count). The van der Waals surface area contributed by atoms with Crippen LogP contribution in [0.15, 0.2) is 66.9 Å². The Labute approximate surface area is 216 Å². The number of hydrogen-bond donors (Lipinski definition) is 3. The van der Waals surface area contributed by atoms with Crippen molar-refractivity contribution >= 4 is 29.1 Å². The van der Waals surface area contributed by atoms with Gasteiger partial charge in [-0.1, -0.05) is 30.3 Å². The van der Waals surface area contributed by atoms with Crippen LogP contribution >= 0.6 is 0 Å². The highest BCUT2D eigenvalue weighted by Gasteiger charge is 2.41. The molecular weight excluding hydrogens is 466 g/mol. The summed E-state index contributed by atoms with van der Waals surface area (Å²) in [6, 6.07) is 19.2. The molecule has 2 unspecified atom stereocenters. The number of nitrogens with one attached hydrogen (secondary N) is 2. The molecule has 3 heterocycles. The summed E-state index contributed by atoms with van der Waals surface area (Å²) in [5.41, 5.74) is 8.61. The van der Waals surface area contributed by atoms with E-state index in [-0.39, 0.29) is 17.7 Å². The Hall–Kier alpha value is -4.20. The van der Waals surface area contributed by atoms with Gasteiger partial charge in [0.1, 0.15) is 5.82 Å². The first-order valence-corrected chi connectivity index (χ1v) is 12.7. The predicted octanol–water partition coefficient (Wildman–Crippen LogP) is 3.93. The molecule has 8 heteroatoms. The average Bonchev–Trinajstić information content (AvgIpc) is 3.17. The van der Waals surface area contributed by atoms with Crippen LogP contribution in [0, 0.1) is 0 Å². The van der Waals surface area contributed by atoms with E-state index in [1.54, 1.807) is 24.4 Å². The van der Waals surface area contributed by atoms with Gasteiger partial charge in [-0.05, 0) is 68.5 Å². The molecule has 2 fully saturated rings. The number of pyridine rings is 1. The van der Waals surface area contributed by atoms with Gasteiger partial charge in [-0.3, -0.25) is 14.4 Å². The third-order valence-electron chi connectivity index (χ3n) is 7.36. The molecule has 2 bridgehead atoms. The lowest BCUT2D eigenvalue weighted by atomic mass is 9.96. The monoisotopic (exact) mass is 497 g/mol. The van der Waals surface area contributed by atoms with E-state index in [0.717, 1.165) is 37.1 Å². The van der Waals surface area contributed by atoms with Gasteiger partial charge in [0, 0.05) is 47.7 Å². The number of piperidine rings is 1. The zero-order chi connectivity index (χ0) is 25.9. The molecule has 0 spiro atoms. The Balaban J connectivity index is 1.26. The fourth-order valence-corrected chi connectivity index (χ4v) is 5.52. The summed E-state index contributed by atoms with van der Waals surface area (Å²) in [5.74, 6) is 0.182. The zero-order valence-corrected chi connectivity index (χ0v) is 20.8. The normalized spacial score (nSPS) is 20.4. The van der Waals surface area contributed by atoms with E-state index >= 15 is 0 Å². The third kappa shape index (κ3) is 5.33. The van der Waals surface area contributed by atoms with Crippen LogP contribution < -0.4 is 21.3 Å². The molecule has 190 valence electrons. The van der Waals surface area contributed by atoms with Gasteiger partial charge in [0.15, 0.2) is 5.78 Å². The van der Waals surface area contributed by atoms with E-state index in [2.05, 4.69) is 20.5 Å². The maximum Gasteiger partial charge on any atom is 0.251 e. The molecule has 0 aliphatic carbocycles. The van der Waals surface area contributed by atoms with Crippen LogP contribution in [-0.2, 0) is 6.54 Å². The minimum atomic E-state index is -0.545. The number of anilines is 2. The number of primary amides is 1. The van der Waals surface area contributed by atoms with Crippen LogP contribution in [0.5, 0.6) is 0 Å². The van der Waals surface area contributed by atoms with Crippen molar-refractivity contribution in [2.24, 2.45) is 5.73 Å². The second kappa shape index (κ2) is 10.4. The number of hydrogen-bond acceptors (Lipinski definition) is 6. The molecule has 1 aromatic heterocycles. The first kappa shape index (κ1) is 24.5. The largest absolute Gasteiger partial charge is 0.380 e. The maximum atomic E-state index is 13.2. The van der Waals surface area contributed by atoms with Crippen molar-refractivity contribution in [2.75, 3.05) is 10.2 Å². The van der Waals surface area contributed by atoms with E-state index in [1.165, 1.54) is 6.92 Å². The highest BCUT2D eigenvalue weighted by atomic mass is 16.2. The molecule has 2 atom stereocenters. The van der Waals surface area contributed by atoms with Crippen LogP contribution in [0.25, 0.3) is 0 Å². The maximum absolute atomic E-state index is 13.2. The summed E-state index contributed by atoms with van der Waals surface area (Å²) in [6.45, 7) is 2.05. The van der Waals surface area contributed by atoms with E-state index in [1.807, 2.05) is 42.5 Å². The average molecular weight is 498 g/mol. The number of carbonyl (C=O) groups is 3. The van der Waals surface area contributed by atoms with Gasteiger partial charge < -0.3 is 21.3 Å². The van der Waals surface area contributed by atoms with Gasteiger partial charge in [-0.15, -0.1) is 0 Å². The van der Waals surface area contributed by atoms with Crippen molar-refractivity contribution in [3.8, 4) is 0 Å². The topological polar surface area (TPSA) is 117 Å². The number of amides is 2. The Morgan fingerprint density at radius 2 is 1.68 bits per heavy atom. The van der Waals surface area contributed by atoms with Crippen molar-refractivity contribution in [1.29, 1.82) is 0 Å². The molecular formula is C29H31N5O3. The Kier molecular flexibility index (Phi) is 6.90. The molecule has 2 amide bonds. The van der Waals surface area contributed by atoms with Crippen molar-refractivity contribution in [3.05, 3.63) is 89.1 Å². The van der Waals surface area contributed by atoms with E-state index in [9.17, 15) is 14.4 Å². The summed E-state index contributed by atoms with van der Waals surface area (Å²) in [4.78, 5) is 43.6. The lowest BCUT2D eigenvalue weighted by Gasteiger charge is -2.40. The minimum Gasteiger partial charge on any atom is -0.380 e. The fourth-order valence-electron chi connectivity index (χ4n) is 5.52. The van der Waals surface area contributed by atoms with Gasteiger partial charge >= 0.3 is 0 Å². The molecule has 2 aromatic carbocycles. The summed E-state index contributed by atoms with van der Waals surface area (Å²) in [5, 5.41) is 6.46. The molecule has 3 aromatic rings. The van der Waals surface area contributed by atoms with E-state index in [0.29, 0.717) is 41.0 Å². The van der Waals surface area contributed by atoms with Gasteiger partial charge in [0.2, 0.25) is 0 Å². The van der Waals surface area contributed by atoms with Crippen molar-refractivity contribution in [3.63, 3.8) is 0 Å². The number of rotatable bonds is 8. The lowest BCUT2D eigenvalue weighted by molar-refractivity contribution is 0.0924. The third-order valence-corrected chi connectivity index (χ3v) is 7.36. The molecule has 37 heavy (non-hydrogen) atoms. The van der Waals surface area contributed by atoms with Crippen LogP contribution in [0.2, 0.25) is 0 Å². The highest BCUT2D eigenvalue weighted by Crippen LogP contribution is 2.38. The smallest absolute Gasteiger partial charge is 0.251 e. The van der Waals surface area contributed by atoms with Crippen LogP contribution in [0.4, 0.5) is 11.5 Å². The zero-order valence-electron chi connectivity index (χ0n) is 20.8. The van der Waals surface area contributed by atoms with Crippen LogP contribution in [0.3, 0.4) is 0 Å². The summed E-state index contributed by atoms with van der Waals surface area (Å²) in [6.07, 6.45) is 5.40. The van der Waals surface area contributed by atoms with E-state index < -0.39 is 5.91 Å². The number of benzene rings is 2. The number of fused-ring (bicyclic) bond motifs is 2. The van der Waals surface area contributed by atoms with Crippen molar-refractivity contribution in [1.82, 2.24) is 10.3 Å². The highest BCUT2D eigenvalue weighted by molar-refractivity contribution is 6.02. The minimum absolute atomic E-state index is 0.00530. The van der Waals surface area contributed by atoms with Gasteiger partial charge in [-0.25, -0.2) is 4.98 Å². The molecule has 2 saturated heterocycles. The number of nitrogens with zero attached hydrogens (tertiary/aromatic N) is 2. The van der Waals surface area contributed by atoms with Gasteiger partial charge in [0.25, 0.3) is 11.8 Å². The van der Waals surface area contributed by atoms with Crippen LogP contribution in [0.1, 0.15) is 69.2 Å². The molecule has 2 aliphatic heterocycles. The first-order valence-electron chi connectivity index (χ1n) is 12.7. The van der Waals surface area contributed by atoms with Gasteiger partial charge in [0.05, 0.1) is 5.56 Å². The molecule has 2 aliphatic rings. The predicted molar refractivity (Wildman–Crippen MR) is 143 cm³/mol. The first-order chi connectivity index (χ1) is 17.9. The Bertz CT molecular complexity index is 1290. The second-order valence-corrected chi connectivity index (χ2v) is 9.86. The number of nitrogens with two attached hydrogens (primary N) is 1. The number of aromatic nitrogens is 1. The quantitative estimate of drug-likeness (QED) is 0.406. The standard InChI is InChI=1S/C29H31N5O3/c1-18(35)21-8-12-27(32-17-21)34-23-9-10-24(34)15-22(14-23)33-29(37)20-7-11-25(28(30)36)26(13-20)31-16-19-5-3-2-4-6-19/h2-8,11-13,17,22-24,31H,9-10,14-16H2,1H3,(H2,30,36)(H,33,37). The Morgan fingerprint density at radius 3 is 2.30 bits per heavy atom.